The molecule has 0 aromatic heterocycles. The van der Waals surface area contributed by atoms with Crippen LogP contribution in [0.2, 0.25) is 0 Å². The lowest BCUT2D eigenvalue weighted by Gasteiger charge is -2.15. The average Bonchev–Trinajstić information content (AvgIpc) is 3.13. The van der Waals surface area contributed by atoms with E-state index in [1.54, 1.807) is 31.2 Å². The van der Waals surface area contributed by atoms with Crippen molar-refractivity contribution in [2.24, 2.45) is 0 Å². The number of hydrogen-bond donors (Lipinski definition) is 1. The normalized spacial score (nSPS) is 15.8. The standard InChI is InChI=1S/C13H14N2O2/c1-9(13(16)15-11-6-7-11)17-12-5-3-2-4-10(12)8-14/h2-5,9,11H,6-7H2,1H3,(H,15,16)/t9-/m0/s1. The molecule has 0 aliphatic heterocycles. The van der Waals surface area contributed by atoms with Crippen LogP contribution in [0.3, 0.4) is 0 Å². The van der Waals surface area contributed by atoms with Crippen molar-refractivity contribution in [2.75, 3.05) is 0 Å². The van der Waals surface area contributed by atoms with Gasteiger partial charge in [-0.1, -0.05) is 12.1 Å². The number of carbonyl (C=O) groups is 1. The molecule has 1 amide bonds. The van der Waals surface area contributed by atoms with Gasteiger partial charge < -0.3 is 10.1 Å². The highest BCUT2D eigenvalue weighted by Gasteiger charge is 2.26. The molecule has 1 aliphatic carbocycles. The maximum Gasteiger partial charge on any atom is 0.260 e. The molecule has 1 N–H and O–H groups in total. The molecule has 0 heterocycles. The Balaban J connectivity index is 1.99. The van der Waals surface area contributed by atoms with Gasteiger partial charge in [0.1, 0.15) is 11.8 Å². The number of nitrogens with one attached hydrogen (secondary N) is 1. The molecule has 0 unspecified atom stereocenters. The fraction of sp³-hybridized carbons (Fsp3) is 0.385. The summed E-state index contributed by atoms with van der Waals surface area (Å²) in [5.41, 5.74) is 0.443. The highest BCUT2D eigenvalue weighted by Crippen LogP contribution is 2.20. The van der Waals surface area contributed by atoms with Gasteiger partial charge in [-0.3, -0.25) is 4.79 Å². The Morgan fingerprint density at radius 2 is 2.24 bits per heavy atom. The molecule has 0 spiro atoms. The van der Waals surface area contributed by atoms with E-state index in [-0.39, 0.29) is 5.91 Å². The van der Waals surface area contributed by atoms with Crippen molar-refractivity contribution in [1.29, 1.82) is 5.26 Å². The molecule has 1 fully saturated rings. The van der Waals surface area contributed by atoms with Crippen molar-refractivity contribution in [3.8, 4) is 11.8 Å². The second-order valence-electron chi connectivity index (χ2n) is 4.15. The lowest BCUT2D eigenvalue weighted by Crippen LogP contribution is -2.37. The van der Waals surface area contributed by atoms with Crippen LogP contribution in [0.1, 0.15) is 25.3 Å². The summed E-state index contributed by atoms with van der Waals surface area (Å²) in [6, 6.07) is 9.26. The summed E-state index contributed by atoms with van der Waals surface area (Å²) >= 11 is 0. The number of amides is 1. The van der Waals surface area contributed by atoms with Gasteiger partial charge in [-0.2, -0.15) is 5.26 Å². The maximum atomic E-state index is 11.7. The Kier molecular flexibility index (Phi) is 3.29. The Morgan fingerprint density at radius 1 is 1.53 bits per heavy atom. The number of ether oxygens (including phenoxy) is 1. The van der Waals surface area contributed by atoms with E-state index < -0.39 is 6.10 Å². The predicted octanol–water partition coefficient (Wildman–Crippen LogP) is 1.60. The zero-order chi connectivity index (χ0) is 12.3. The van der Waals surface area contributed by atoms with Gasteiger partial charge in [-0.15, -0.1) is 0 Å². The van der Waals surface area contributed by atoms with Crippen LogP contribution in [0.5, 0.6) is 5.75 Å². The number of hydrogen-bond acceptors (Lipinski definition) is 3. The predicted molar refractivity (Wildman–Crippen MR) is 62.4 cm³/mol. The van der Waals surface area contributed by atoms with Gasteiger partial charge in [-0.25, -0.2) is 0 Å². The molecule has 0 saturated heterocycles. The van der Waals surface area contributed by atoms with Crippen LogP contribution in [0.25, 0.3) is 0 Å². The van der Waals surface area contributed by atoms with Crippen LogP contribution in [0.4, 0.5) is 0 Å². The van der Waals surface area contributed by atoms with Crippen LogP contribution in [0, 0.1) is 11.3 Å². The van der Waals surface area contributed by atoms with Gasteiger partial charge in [0.2, 0.25) is 0 Å². The zero-order valence-corrected chi connectivity index (χ0v) is 9.64. The van der Waals surface area contributed by atoms with Crippen LogP contribution >= 0.6 is 0 Å². The fourth-order valence-corrected chi connectivity index (χ4v) is 1.45. The smallest absolute Gasteiger partial charge is 0.260 e. The molecule has 17 heavy (non-hydrogen) atoms. The SMILES string of the molecule is C[C@H](Oc1ccccc1C#N)C(=O)NC1CC1. The summed E-state index contributed by atoms with van der Waals surface area (Å²) in [5.74, 6) is 0.327. The van der Waals surface area contributed by atoms with Crippen molar-refractivity contribution in [3.63, 3.8) is 0 Å². The summed E-state index contributed by atoms with van der Waals surface area (Å²) in [6.07, 6.45) is 1.52. The molecule has 0 bridgehead atoms. The molecule has 4 heteroatoms. The minimum Gasteiger partial charge on any atom is -0.480 e. The topological polar surface area (TPSA) is 62.1 Å². The van der Waals surface area contributed by atoms with Crippen LogP contribution in [-0.4, -0.2) is 18.1 Å². The molecule has 1 saturated carbocycles. The molecule has 0 radical (unpaired) electrons. The molecular weight excluding hydrogens is 216 g/mol. The maximum absolute atomic E-state index is 11.7. The van der Waals surface area contributed by atoms with Crippen molar-refractivity contribution in [2.45, 2.75) is 31.9 Å². The van der Waals surface area contributed by atoms with Gasteiger partial charge in [0.05, 0.1) is 5.56 Å². The van der Waals surface area contributed by atoms with E-state index in [4.69, 9.17) is 10.00 Å². The van der Waals surface area contributed by atoms with E-state index in [9.17, 15) is 4.79 Å². The highest BCUT2D eigenvalue weighted by molar-refractivity contribution is 5.81. The van der Waals surface area contributed by atoms with E-state index in [0.717, 1.165) is 12.8 Å². The molecule has 1 aromatic rings. The third kappa shape index (κ3) is 2.97. The van der Waals surface area contributed by atoms with Crippen molar-refractivity contribution >= 4 is 5.91 Å². The highest BCUT2D eigenvalue weighted by atomic mass is 16.5. The zero-order valence-electron chi connectivity index (χ0n) is 9.64. The Bertz CT molecular complexity index is 461. The number of para-hydroxylation sites is 1. The third-order valence-corrected chi connectivity index (χ3v) is 2.60. The van der Waals surface area contributed by atoms with Gasteiger partial charge in [0, 0.05) is 6.04 Å². The minimum atomic E-state index is -0.579. The summed E-state index contributed by atoms with van der Waals surface area (Å²) < 4.78 is 5.49. The third-order valence-electron chi connectivity index (χ3n) is 2.60. The Hall–Kier alpha value is -2.02. The summed E-state index contributed by atoms with van der Waals surface area (Å²) in [7, 11) is 0. The van der Waals surface area contributed by atoms with E-state index in [2.05, 4.69) is 5.32 Å². The van der Waals surface area contributed by atoms with E-state index in [1.165, 1.54) is 0 Å². The number of nitrogens with zero attached hydrogens (tertiary/aromatic N) is 1. The van der Waals surface area contributed by atoms with Crippen LogP contribution in [0.15, 0.2) is 24.3 Å². The molecule has 2 rings (SSSR count). The van der Waals surface area contributed by atoms with E-state index in [1.807, 2.05) is 6.07 Å². The van der Waals surface area contributed by atoms with Crippen molar-refractivity contribution in [3.05, 3.63) is 29.8 Å². The molecule has 88 valence electrons. The summed E-state index contributed by atoms with van der Waals surface area (Å²) in [5, 5.41) is 11.8. The Morgan fingerprint density at radius 3 is 2.88 bits per heavy atom. The lowest BCUT2D eigenvalue weighted by atomic mass is 10.2. The second kappa shape index (κ2) is 4.88. The molecule has 4 nitrogen and oxygen atoms in total. The van der Waals surface area contributed by atoms with Crippen molar-refractivity contribution in [1.82, 2.24) is 5.32 Å². The van der Waals surface area contributed by atoms with E-state index >= 15 is 0 Å². The average molecular weight is 230 g/mol. The number of carbonyl (C=O) groups excluding carboxylic acids is 1. The molecule has 1 atom stereocenters. The monoisotopic (exact) mass is 230 g/mol. The van der Waals surface area contributed by atoms with Gasteiger partial charge >= 0.3 is 0 Å². The number of nitriles is 1. The van der Waals surface area contributed by atoms with Crippen LogP contribution in [-0.2, 0) is 4.79 Å². The van der Waals surface area contributed by atoms with Crippen molar-refractivity contribution < 1.29 is 9.53 Å². The second-order valence-corrected chi connectivity index (χ2v) is 4.15. The Labute approximate surface area is 100 Å². The first-order chi connectivity index (χ1) is 8.20. The lowest BCUT2D eigenvalue weighted by molar-refractivity contribution is -0.127. The first-order valence-corrected chi connectivity index (χ1v) is 5.67. The number of benzene rings is 1. The molecular formula is C13H14N2O2. The summed E-state index contributed by atoms with van der Waals surface area (Å²) in [6.45, 7) is 1.69. The van der Waals surface area contributed by atoms with Gasteiger partial charge in [0.15, 0.2) is 6.10 Å². The first kappa shape index (κ1) is 11.5. The van der Waals surface area contributed by atoms with Crippen LogP contribution < -0.4 is 10.1 Å². The fourth-order valence-electron chi connectivity index (χ4n) is 1.45. The molecule has 1 aromatic carbocycles. The summed E-state index contributed by atoms with van der Waals surface area (Å²) in [4.78, 5) is 11.7. The minimum absolute atomic E-state index is 0.125. The largest absolute Gasteiger partial charge is 0.480 e. The van der Waals surface area contributed by atoms with Gasteiger partial charge in [0.25, 0.3) is 5.91 Å². The molecule has 1 aliphatic rings. The number of rotatable bonds is 4. The first-order valence-electron chi connectivity index (χ1n) is 5.67. The van der Waals surface area contributed by atoms with Gasteiger partial charge in [-0.05, 0) is 31.9 Å². The van der Waals surface area contributed by atoms with E-state index in [0.29, 0.717) is 17.4 Å². The quantitative estimate of drug-likeness (QED) is 0.854.